The molecule has 0 saturated heterocycles. The molecule has 156 valence electrons. The Morgan fingerprint density at radius 3 is 2.37 bits per heavy atom. The Morgan fingerprint density at radius 2 is 1.77 bits per heavy atom. The first-order valence-corrected chi connectivity index (χ1v) is 8.89. The van der Waals surface area contributed by atoms with Crippen molar-refractivity contribution in [2.75, 3.05) is 0 Å². The summed E-state index contributed by atoms with van der Waals surface area (Å²) in [4.78, 5) is 22.9. The predicted octanol–water partition coefficient (Wildman–Crippen LogP) is 5.91. The minimum atomic E-state index is -4.59. The number of benzene rings is 2. The Balaban J connectivity index is 2.07. The normalized spacial score (nSPS) is 11.4. The van der Waals surface area contributed by atoms with Gasteiger partial charge < -0.3 is 4.74 Å². The Labute approximate surface area is 180 Å². The predicted molar refractivity (Wildman–Crippen MR) is 103 cm³/mol. The molecule has 0 radical (unpaired) electrons. The lowest BCUT2D eigenvalue weighted by molar-refractivity contribution is -0.384. The molecule has 13 heteroatoms. The van der Waals surface area contributed by atoms with E-state index < -0.39 is 32.9 Å². The molecule has 0 aliphatic heterocycles. The van der Waals surface area contributed by atoms with Crippen LogP contribution in [0.25, 0.3) is 5.69 Å². The number of halogens is 6. The number of hydrogen-bond donors (Lipinski definition) is 0. The lowest BCUT2D eigenvalue weighted by Crippen LogP contribution is -2.22. The van der Waals surface area contributed by atoms with Crippen LogP contribution >= 0.6 is 34.8 Å². The lowest BCUT2D eigenvalue weighted by Gasteiger charge is -2.12. The molecule has 0 aliphatic carbocycles. The monoisotopic (exact) mass is 479 g/mol. The van der Waals surface area contributed by atoms with Gasteiger partial charge in [-0.2, -0.15) is 23.0 Å². The van der Waals surface area contributed by atoms with Crippen LogP contribution in [0.5, 0.6) is 11.5 Å². The van der Waals surface area contributed by atoms with Crippen molar-refractivity contribution in [1.82, 2.24) is 9.78 Å². The van der Waals surface area contributed by atoms with Crippen LogP contribution in [0.1, 0.15) is 5.56 Å². The molecule has 0 bridgehead atoms. The van der Waals surface area contributed by atoms with E-state index in [9.17, 15) is 28.1 Å². The Bertz CT molecular complexity index is 1220. The van der Waals surface area contributed by atoms with Crippen LogP contribution in [0.2, 0.25) is 15.1 Å². The average Bonchev–Trinajstić information content (AvgIpc) is 2.67. The van der Waals surface area contributed by atoms with Gasteiger partial charge in [0, 0.05) is 12.1 Å². The van der Waals surface area contributed by atoms with Gasteiger partial charge >= 0.3 is 6.18 Å². The third kappa shape index (κ3) is 4.35. The highest BCUT2D eigenvalue weighted by atomic mass is 35.5. The topological polar surface area (TPSA) is 87.3 Å². The van der Waals surface area contributed by atoms with Crippen molar-refractivity contribution in [2.24, 2.45) is 0 Å². The number of hydrogen-bond acceptors (Lipinski definition) is 5. The van der Waals surface area contributed by atoms with Crippen molar-refractivity contribution < 1.29 is 22.8 Å². The molecule has 0 aliphatic rings. The van der Waals surface area contributed by atoms with E-state index in [-0.39, 0.29) is 27.2 Å². The minimum Gasteiger partial charge on any atom is -0.456 e. The van der Waals surface area contributed by atoms with E-state index in [1.807, 2.05) is 0 Å². The van der Waals surface area contributed by atoms with Crippen LogP contribution < -0.4 is 10.3 Å². The Morgan fingerprint density at radius 1 is 1.07 bits per heavy atom. The maximum Gasteiger partial charge on any atom is 0.416 e. The molecule has 0 saturated carbocycles. The number of nitrogens with zero attached hydrogens (tertiary/aromatic N) is 3. The SMILES string of the molecule is O=c1c(Cl)c(Cl)cnn1-c1cc(Oc2ccc(C(F)(F)F)cc2Cl)ccc1[N+](=O)[O-]. The molecule has 30 heavy (non-hydrogen) atoms. The van der Waals surface area contributed by atoms with Gasteiger partial charge in [0.2, 0.25) is 0 Å². The number of ether oxygens (including phenoxy) is 1. The largest absolute Gasteiger partial charge is 0.456 e. The molecule has 0 amide bonds. The number of aromatic nitrogens is 2. The molecule has 3 aromatic rings. The molecule has 0 atom stereocenters. The fourth-order valence-corrected chi connectivity index (χ4v) is 2.83. The van der Waals surface area contributed by atoms with Crippen molar-refractivity contribution >= 4 is 40.5 Å². The quantitative estimate of drug-likeness (QED) is 0.342. The molecule has 0 N–H and O–H groups in total. The van der Waals surface area contributed by atoms with E-state index >= 15 is 0 Å². The van der Waals surface area contributed by atoms with Crippen molar-refractivity contribution in [3.63, 3.8) is 0 Å². The van der Waals surface area contributed by atoms with E-state index in [1.54, 1.807) is 0 Å². The summed E-state index contributed by atoms with van der Waals surface area (Å²) in [5.74, 6) is -0.198. The van der Waals surface area contributed by atoms with E-state index in [0.29, 0.717) is 10.7 Å². The number of rotatable bonds is 4. The van der Waals surface area contributed by atoms with Gasteiger partial charge in [0.05, 0.1) is 26.7 Å². The van der Waals surface area contributed by atoms with Gasteiger partial charge in [-0.15, -0.1) is 0 Å². The van der Waals surface area contributed by atoms with Crippen LogP contribution in [0.15, 0.2) is 47.4 Å². The van der Waals surface area contributed by atoms with Crippen molar-refractivity contribution in [2.45, 2.75) is 6.18 Å². The van der Waals surface area contributed by atoms with Crippen LogP contribution in [0.3, 0.4) is 0 Å². The number of nitro benzene ring substituents is 1. The molecule has 2 aromatic carbocycles. The maximum absolute atomic E-state index is 12.8. The number of nitro groups is 1. The van der Waals surface area contributed by atoms with Crippen molar-refractivity contribution in [1.29, 1.82) is 0 Å². The first-order valence-electron chi connectivity index (χ1n) is 7.76. The summed E-state index contributed by atoms with van der Waals surface area (Å²) in [6.45, 7) is 0. The summed E-state index contributed by atoms with van der Waals surface area (Å²) < 4.78 is 44.4. The van der Waals surface area contributed by atoms with Crippen LogP contribution in [-0.4, -0.2) is 14.7 Å². The zero-order valence-electron chi connectivity index (χ0n) is 14.3. The molecule has 1 heterocycles. The lowest BCUT2D eigenvalue weighted by atomic mass is 10.2. The fourth-order valence-electron chi connectivity index (χ4n) is 2.36. The zero-order valence-corrected chi connectivity index (χ0v) is 16.6. The molecular weight excluding hydrogens is 474 g/mol. The van der Waals surface area contributed by atoms with Gasteiger partial charge in [0.15, 0.2) is 0 Å². The maximum atomic E-state index is 12.8. The summed E-state index contributed by atoms with van der Waals surface area (Å²) in [6, 6.07) is 5.73. The molecular formula is C17H7Cl3F3N3O4. The van der Waals surface area contributed by atoms with Crippen LogP contribution in [0, 0.1) is 10.1 Å². The van der Waals surface area contributed by atoms with E-state index in [1.165, 1.54) is 6.07 Å². The first kappa shape index (κ1) is 21.9. The fraction of sp³-hybridized carbons (Fsp3) is 0.0588. The number of alkyl halides is 3. The summed E-state index contributed by atoms with van der Waals surface area (Å²) >= 11 is 17.4. The van der Waals surface area contributed by atoms with Crippen molar-refractivity contribution in [3.05, 3.63) is 83.7 Å². The second kappa shape index (κ2) is 8.13. The average molecular weight is 481 g/mol. The van der Waals surface area contributed by atoms with Gasteiger partial charge in [-0.1, -0.05) is 34.8 Å². The molecule has 0 unspecified atom stereocenters. The highest BCUT2D eigenvalue weighted by Crippen LogP contribution is 2.37. The Hall–Kier alpha value is -2.82. The van der Waals surface area contributed by atoms with E-state index in [2.05, 4.69) is 5.10 Å². The standard InChI is InChI=1S/C17H7Cl3F3N3O4/c18-10-5-8(17(21,22)23)1-4-14(10)30-9-2-3-12(26(28)29)13(6-9)25-16(27)15(20)11(19)7-24-25/h1-7H. The molecule has 1 aromatic heterocycles. The zero-order chi connectivity index (χ0) is 22.2. The van der Waals surface area contributed by atoms with Gasteiger partial charge in [0.1, 0.15) is 22.2 Å². The third-order valence-corrected chi connectivity index (χ3v) is 4.78. The highest BCUT2D eigenvalue weighted by molar-refractivity contribution is 6.41. The summed E-state index contributed by atoms with van der Waals surface area (Å²) in [5.41, 5.74) is -2.70. The van der Waals surface area contributed by atoms with E-state index in [0.717, 1.165) is 30.5 Å². The van der Waals surface area contributed by atoms with E-state index in [4.69, 9.17) is 39.5 Å². The second-order valence-electron chi connectivity index (χ2n) is 5.68. The summed E-state index contributed by atoms with van der Waals surface area (Å²) in [7, 11) is 0. The van der Waals surface area contributed by atoms with Crippen molar-refractivity contribution in [3.8, 4) is 17.2 Å². The van der Waals surface area contributed by atoms with Gasteiger partial charge in [0.25, 0.3) is 11.2 Å². The highest BCUT2D eigenvalue weighted by Gasteiger charge is 2.31. The third-order valence-electron chi connectivity index (χ3n) is 3.74. The van der Waals surface area contributed by atoms with Gasteiger partial charge in [-0.3, -0.25) is 14.9 Å². The summed E-state index contributed by atoms with van der Waals surface area (Å²) in [6.07, 6.45) is -3.57. The molecule has 3 rings (SSSR count). The Kier molecular flexibility index (Phi) is 5.93. The molecule has 7 nitrogen and oxygen atoms in total. The van der Waals surface area contributed by atoms with Gasteiger partial charge in [-0.05, 0) is 24.3 Å². The molecule has 0 spiro atoms. The molecule has 0 fully saturated rings. The minimum absolute atomic E-state index is 0.0583. The van der Waals surface area contributed by atoms with Gasteiger partial charge in [-0.25, -0.2) is 0 Å². The van der Waals surface area contributed by atoms with Crippen LogP contribution in [0.4, 0.5) is 18.9 Å². The van der Waals surface area contributed by atoms with Crippen LogP contribution in [-0.2, 0) is 6.18 Å². The summed E-state index contributed by atoms with van der Waals surface area (Å²) in [5, 5.41) is 14.2. The first-order chi connectivity index (χ1) is 14.0. The smallest absolute Gasteiger partial charge is 0.416 e. The second-order valence-corrected chi connectivity index (χ2v) is 6.87.